The van der Waals surface area contributed by atoms with Crippen LogP contribution >= 0.6 is 0 Å². The number of anilines is 1. The Balaban J connectivity index is 1.45. The highest BCUT2D eigenvalue weighted by atomic mass is 19.1. The van der Waals surface area contributed by atoms with Crippen molar-refractivity contribution in [3.8, 4) is 0 Å². The fourth-order valence-electron chi connectivity index (χ4n) is 3.55. The molecule has 1 N–H and O–H groups in total. The van der Waals surface area contributed by atoms with E-state index in [2.05, 4.69) is 39.8 Å². The molecule has 1 fully saturated rings. The van der Waals surface area contributed by atoms with Gasteiger partial charge in [-0.2, -0.15) is 0 Å². The van der Waals surface area contributed by atoms with Gasteiger partial charge in [0.15, 0.2) is 0 Å². The Hall–Kier alpha value is -2.21. The third-order valence-corrected chi connectivity index (χ3v) is 4.90. The molecule has 3 rings (SSSR count). The number of halogens is 1. The van der Waals surface area contributed by atoms with Crippen LogP contribution < -0.4 is 5.32 Å². The Morgan fingerprint density at radius 3 is 2.81 bits per heavy atom. The second-order valence-electron chi connectivity index (χ2n) is 7.37. The topological polar surface area (TPSA) is 50.2 Å². The number of likely N-dealkylation sites (tertiary alicyclic amines) is 1. The molecule has 2 aromatic rings. The van der Waals surface area contributed by atoms with Crippen LogP contribution in [-0.2, 0) is 11.3 Å². The summed E-state index contributed by atoms with van der Waals surface area (Å²) in [6, 6.07) is 6.00. The molecule has 0 radical (unpaired) electrons. The first kappa shape index (κ1) is 18.6. The van der Waals surface area contributed by atoms with Gasteiger partial charge in [-0.25, -0.2) is 9.37 Å². The monoisotopic (exact) mass is 358 g/mol. The van der Waals surface area contributed by atoms with Crippen molar-refractivity contribution in [2.24, 2.45) is 5.92 Å². The minimum Gasteiger partial charge on any atom is -0.334 e. The number of hydrogen-bond acceptors (Lipinski definition) is 3. The molecule has 0 aliphatic carbocycles. The number of rotatable bonds is 6. The first-order chi connectivity index (χ1) is 12.5. The average Bonchev–Trinajstić information content (AvgIpc) is 3.05. The minimum absolute atomic E-state index is 0.0919. The summed E-state index contributed by atoms with van der Waals surface area (Å²) in [5, 5.41) is 2.76. The molecule has 0 saturated carbocycles. The summed E-state index contributed by atoms with van der Waals surface area (Å²) < 4.78 is 15.5. The molecule has 1 aromatic heterocycles. The summed E-state index contributed by atoms with van der Waals surface area (Å²) in [5.41, 5.74) is 0.506. The van der Waals surface area contributed by atoms with Crippen LogP contribution in [0.25, 0.3) is 0 Å². The zero-order valence-electron chi connectivity index (χ0n) is 15.5. The third-order valence-electron chi connectivity index (χ3n) is 4.90. The van der Waals surface area contributed by atoms with E-state index in [-0.39, 0.29) is 11.7 Å². The van der Waals surface area contributed by atoms with Gasteiger partial charge in [0.2, 0.25) is 5.91 Å². The maximum absolute atomic E-state index is 13.2. The number of carbonyl (C=O) groups excluding carboxylic acids is 1. The number of hydrogen-bond donors (Lipinski definition) is 1. The van der Waals surface area contributed by atoms with E-state index in [0.717, 1.165) is 38.3 Å². The Morgan fingerprint density at radius 1 is 1.35 bits per heavy atom. The molecule has 1 aliphatic heterocycles. The van der Waals surface area contributed by atoms with Gasteiger partial charge in [0.1, 0.15) is 11.6 Å². The Labute approximate surface area is 154 Å². The average molecular weight is 358 g/mol. The number of benzene rings is 1. The largest absolute Gasteiger partial charge is 0.334 e. The molecule has 1 aromatic carbocycles. The number of piperidine rings is 1. The van der Waals surface area contributed by atoms with Gasteiger partial charge in [-0.15, -0.1) is 0 Å². The smallest absolute Gasteiger partial charge is 0.238 e. The quantitative estimate of drug-likeness (QED) is 0.860. The van der Waals surface area contributed by atoms with Crippen LogP contribution in [0.2, 0.25) is 0 Å². The van der Waals surface area contributed by atoms with Gasteiger partial charge in [0, 0.05) is 30.5 Å². The molecule has 0 bridgehead atoms. The summed E-state index contributed by atoms with van der Waals surface area (Å²) >= 11 is 0. The van der Waals surface area contributed by atoms with Crippen LogP contribution in [0, 0.1) is 11.7 Å². The summed E-state index contributed by atoms with van der Waals surface area (Å²) in [7, 11) is 0. The molecule has 6 heteroatoms. The molecule has 140 valence electrons. The second-order valence-corrected chi connectivity index (χ2v) is 7.37. The molecular weight excluding hydrogens is 331 g/mol. The predicted molar refractivity (Wildman–Crippen MR) is 101 cm³/mol. The fraction of sp³-hybridized carbons (Fsp3) is 0.500. The lowest BCUT2D eigenvalue weighted by molar-refractivity contribution is -0.117. The molecule has 1 aliphatic rings. The van der Waals surface area contributed by atoms with E-state index >= 15 is 0 Å². The number of nitrogens with zero attached hydrogens (tertiary/aromatic N) is 3. The van der Waals surface area contributed by atoms with E-state index in [0.29, 0.717) is 24.1 Å². The van der Waals surface area contributed by atoms with E-state index in [1.165, 1.54) is 12.1 Å². The third kappa shape index (κ3) is 4.91. The Kier molecular flexibility index (Phi) is 6.04. The van der Waals surface area contributed by atoms with Crippen molar-refractivity contribution in [1.82, 2.24) is 14.5 Å². The number of amides is 1. The summed E-state index contributed by atoms with van der Waals surface area (Å²) in [6.45, 7) is 7.50. The first-order valence-corrected chi connectivity index (χ1v) is 9.30. The molecule has 2 heterocycles. The molecule has 0 spiro atoms. The van der Waals surface area contributed by atoms with E-state index < -0.39 is 0 Å². The van der Waals surface area contributed by atoms with Crippen LogP contribution in [0.3, 0.4) is 0 Å². The van der Waals surface area contributed by atoms with Gasteiger partial charge in [0.25, 0.3) is 0 Å². The lowest BCUT2D eigenvalue weighted by Gasteiger charge is -2.32. The van der Waals surface area contributed by atoms with Crippen LogP contribution in [0.4, 0.5) is 10.1 Å². The number of nitrogens with one attached hydrogen (secondary N) is 1. The van der Waals surface area contributed by atoms with E-state index in [9.17, 15) is 9.18 Å². The summed E-state index contributed by atoms with van der Waals surface area (Å²) in [4.78, 5) is 18.8. The van der Waals surface area contributed by atoms with Crippen molar-refractivity contribution in [2.75, 3.05) is 25.0 Å². The van der Waals surface area contributed by atoms with E-state index in [1.807, 2.05) is 6.20 Å². The molecule has 1 amide bonds. The first-order valence-electron chi connectivity index (χ1n) is 9.30. The number of imidazole rings is 1. The Morgan fingerprint density at radius 2 is 2.12 bits per heavy atom. The maximum atomic E-state index is 13.2. The van der Waals surface area contributed by atoms with Gasteiger partial charge < -0.3 is 9.88 Å². The van der Waals surface area contributed by atoms with Crippen LogP contribution in [0.5, 0.6) is 0 Å². The lowest BCUT2D eigenvalue weighted by Crippen LogP contribution is -2.40. The molecule has 0 unspecified atom stereocenters. The van der Waals surface area contributed by atoms with Gasteiger partial charge in [0.05, 0.1) is 6.54 Å². The second kappa shape index (κ2) is 8.45. The Bertz CT molecular complexity index is 735. The van der Waals surface area contributed by atoms with E-state index in [4.69, 9.17) is 0 Å². The van der Waals surface area contributed by atoms with Gasteiger partial charge in [-0.1, -0.05) is 19.9 Å². The van der Waals surface area contributed by atoms with Crippen molar-refractivity contribution in [3.05, 3.63) is 48.3 Å². The van der Waals surface area contributed by atoms with Gasteiger partial charge in [-0.05, 0) is 50.0 Å². The highest BCUT2D eigenvalue weighted by Gasteiger charge is 2.22. The normalized spacial score (nSPS) is 16.2. The van der Waals surface area contributed by atoms with Crippen molar-refractivity contribution < 1.29 is 9.18 Å². The minimum atomic E-state index is -0.344. The standard InChI is InChI=1S/C20H27FN4O/c1-15(2)20-22-8-11-25(20)13-16-6-9-24(10-7-16)14-19(26)23-18-5-3-4-17(21)12-18/h3-5,8,11-12,15-16H,6-7,9-10,13-14H2,1-2H3,(H,23,26). The van der Waals surface area contributed by atoms with Gasteiger partial charge in [-0.3, -0.25) is 9.69 Å². The van der Waals surface area contributed by atoms with Crippen LogP contribution in [-0.4, -0.2) is 40.0 Å². The summed E-state index contributed by atoms with van der Waals surface area (Å²) in [5.74, 6) is 1.75. The molecule has 0 atom stereocenters. The van der Waals surface area contributed by atoms with Crippen molar-refractivity contribution >= 4 is 11.6 Å². The van der Waals surface area contributed by atoms with Crippen molar-refractivity contribution in [2.45, 2.75) is 39.2 Å². The highest BCUT2D eigenvalue weighted by Crippen LogP contribution is 2.21. The predicted octanol–water partition coefficient (Wildman–Crippen LogP) is 3.50. The number of carbonyl (C=O) groups is 1. The molecular formula is C20H27FN4O. The summed E-state index contributed by atoms with van der Waals surface area (Å²) in [6.07, 6.45) is 6.08. The SMILES string of the molecule is CC(C)c1nccn1CC1CCN(CC(=O)Nc2cccc(F)c2)CC1. The lowest BCUT2D eigenvalue weighted by atomic mass is 9.96. The molecule has 5 nitrogen and oxygen atoms in total. The molecule has 1 saturated heterocycles. The highest BCUT2D eigenvalue weighted by molar-refractivity contribution is 5.92. The van der Waals surface area contributed by atoms with Gasteiger partial charge >= 0.3 is 0 Å². The maximum Gasteiger partial charge on any atom is 0.238 e. The van der Waals surface area contributed by atoms with E-state index in [1.54, 1.807) is 12.1 Å². The zero-order valence-corrected chi connectivity index (χ0v) is 15.5. The zero-order chi connectivity index (χ0) is 18.5. The number of aromatic nitrogens is 2. The fourth-order valence-corrected chi connectivity index (χ4v) is 3.55. The van der Waals surface area contributed by atoms with Crippen LogP contribution in [0.1, 0.15) is 38.4 Å². The molecule has 26 heavy (non-hydrogen) atoms. The van der Waals surface area contributed by atoms with Crippen molar-refractivity contribution in [1.29, 1.82) is 0 Å². The van der Waals surface area contributed by atoms with Crippen LogP contribution in [0.15, 0.2) is 36.7 Å². The van der Waals surface area contributed by atoms with Crippen molar-refractivity contribution in [3.63, 3.8) is 0 Å².